The molecule has 1 aromatic heterocycles. The molecule has 2 N–H and O–H groups in total. The van der Waals surface area contributed by atoms with Crippen LogP contribution in [-0.2, 0) is 0 Å². The van der Waals surface area contributed by atoms with Crippen LogP contribution in [0, 0.1) is 0 Å². The van der Waals surface area contributed by atoms with E-state index in [0.717, 1.165) is 25.5 Å². The molecule has 1 fully saturated rings. The van der Waals surface area contributed by atoms with Crippen LogP contribution >= 0.6 is 23.8 Å². The molecule has 0 amide bonds. The van der Waals surface area contributed by atoms with Gasteiger partial charge in [-0.05, 0) is 32.0 Å². The van der Waals surface area contributed by atoms with E-state index in [1.165, 1.54) is 25.7 Å². The van der Waals surface area contributed by atoms with Gasteiger partial charge in [0.2, 0.25) is 5.95 Å². The van der Waals surface area contributed by atoms with E-state index < -0.39 is 0 Å². The van der Waals surface area contributed by atoms with Crippen LogP contribution in [0.3, 0.4) is 0 Å². The van der Waals surface area contributed by atoms with Gasteiger partial charge in [0.05, 0.1) is 0 Å². The van der Waals surface area contributed by atoms with E-state index in [1.807, 2.05) is 13.0 Å². The first-order chi connectivity index (χ1) is 9.69. The van der Waals surface area contributed by atoms with Crippen LogP contribution in [-0.4, -0.2) is 34.7 Å². The summed E-state index contributed by atoms with van der Waals surface area (Å²) in [6.45, 7) is 4.77. The van der Waals surface area contributed by atoms with Gasteiger partial charge in [-0.15, -0.1) is 0 Å². The van der Waals surface area contributed by atoms with Gasteiger partial charge in [0.15, 0.2) is 5.11 Å². The van der Waals surface area contributed by atoms with Crippen molar-refractivity contribution in [1.82, 2.24) is 15.3 Å². The zero-order valence-electron chi connectivity index (χ0n) is 11.7. The summed E-state index contributed by atoms with van der Waals surface area (Å²) in [6, 6.07) is 1.81. The largest absolute Gasteiger partial charge is 0.363 e. The van der Waals surface area contributed by atoms with Crippen molar-refractivity contribution >= 4 is 40.7 Å². The summed E-state index contributed by atoms with van der Waals surface area (Å²) in [7, 11) is 0. The topological polar surface area (TPSA) is 53.1 Å². The molecule has 7 heteroatoms. The third-order valence-corrected chi connectivity index (χ3v) is 3.61. The number of hydrogen-bond donors (Lipinski definition) is 2. The van der Waals surface area contributed by atoms with E-state index in [2.05, 4.69) is 25.5 Å². The quantitative estimate of drug-likeness (QED) is 0.661. The first-order valence-corrected chi connectivity index (χ1v) is 7.82. The van der Waals surface area contributed by atoms with Crippen LogP contribution in [0.4, 0.5) is 11.8 Å². The number of aromatic nitrogens is 2. The maximum Gasteiger partial charge on any atom is 0.232 e. The Labute approximate surface area is 130 Å². The summed E-state index contributed by atoms with van der Waals surface area (Å²) in [5, 5.41) is 6.91. The first kappa shape index (κ1) is 15.3. The Balaban J connectivity index is 2.12. The van der Waals surface area contributed by atoms with E-state index in [4.69, 9.17) is 23.8 Å². The second-order valence-corrected chi connectivity index (χ2v) is 5.55. The molecule has 1 aliphatic rings. The Morgan fingerprint density at radius 2 is 2.00 bits per heavy atom. The molecular weight excluding hydrogens is 294 g/mol. The van der Waals surface area contributed by atoms with Crippen molar-refractivity contribution in [2.45, 2.75) is 32.6 Å². The lowest BCUT2D eigenvalue weighted by Crippen LogP contribution is -2.30. The SMILES string of the molecule is CCNC(=S)Nc1nc(Cl)cc(N2CCCCCC2)n1. The molecule has 0 radical (unpaired) electrons. The molecular formula is C13H20ClN5S. The molecule has 0 spiro atoms. The highest BCUT2D eigenvalue weighted by atomic mass is 35.5. The van der Waals surface area contributed by atoms with Crippen molar-refractivity contribution < 1.29 is 0 Å². The molecule has 2 rings (SSSR count). The number of halogens is 1. The monoisotopic (exact) mass is 313 g/mol. The Morgan fingerprint density at radius 1 is 1.30 bits per heavy atom. The minimum absolute atomic E-state index is 0.432. The minimum Gasteiger partial charge on any atom is -0.363 e. The Kier molecular flexibility index (Phi) is 5.79. The first-order valence-electron chi connectivity index (χ1n) is 7.03. The van der Waals surface area contributed by atoms with Crippen molar-refractivity contribution in [2.75, 3.05) is 29.9 Å². The number of rotatable bonds is 3. The van der Waals surface area contributed by atoms with Crippen LogP contribution in [0.5, 0.6) is 0 Å². The fourth-order valence-corrected chi connectivity index (χ4v) is 2.64. The van der Waals surface area contributed by atoms with E-state index in [-0.39, 0.29) is 0 Å². The highest BCUT2D eigenvalue weighted by Crippen LogP contribution is 2.21. The molecule has 0 saturated carbocycles. The van der Waals surface area contributed by atoms with Crippen molar-refractivity contribution in [3.8, 4) is 0 Å². The zero-order valence-corrected chi connectivity index (χ0v) is 13.2. The second kappa shape index (κ2) is 7.59. The van der Waals surface area contributed by atoms with Gasteiger partial charge in [0.1, 0.15) is 11.0 Å². The Hall–Kier alpha value is -1.14. The van der Waals surface area contributed by atoms with Gasteiger partial charge in [-0.3, -0.25) is 0 Å². The number of thiocarbonyl (C=S) groups is 1. The average molecular weight is 314 g/mol. The van der Waals surface area contributed by atoms with Gasteiger partial charge >= 0.3 is 0 Å². The van der Waals surface area contributed by atoms with Crippen LogP contribution < -0.4 is 15.5 Å². The van der Waals surface area contributed by atoms with E-state index >= 15 is 0 Å². The summed E-state index contributed by atoms with van der Waals surface area (Å²) in [5.41, 5.74) is 0. The zero-order chi connectivity index (χ0) is 14.4. The number of nitrogens with one attached hydrogen (secondary N) is 2. The van der Waals surface area contributed by atoms with Crippen molar-refractivity contribution in [2.24, 2.45) is 0 Å². The van der Waals surface area contributed by atoms with Gasteiger partial charge in [-0.1, -0.05) is 24.4 Å². The smallest absolute Gasteiger partial charge is 0.232 e. The molecule has 5 nitrogen and oxygen atoms in total. The molecule has 1 aromatic rings. The van der Waals surface area contributed by atoms with Gasteiger partial charge < -0.3 is 15.5 Å². The highest BCUT2D eigenvalue weighted by molar-refractivity contribution is 7.80. The second-order valence-electron chi connectivity index (χ2n) is 4.76. The third kappa shape index (κ3) is 4.45. The van der Waals surface area contributed by atoms with Crippen molar-refractivity contribution in [1.29, 1.82) is 0 Å². The Morgan fingerprint density at radius 3 is 2.65 bits per heavy atom. The fraction of sp³-hybridized carbons (Fsp3) is 0.615. The van der Waals surface area contributed by atoms with Crippen molar-refractivity contribution in [3.05, 3.63) is 11.2 Å². The summed E-state index contributed by atoms with van der Waals surface area (Å²) in [4.78, 5) is 10.9. The van der Waals surface area contributed by atoms with E-state index in [9.17, 15) is 0 Å². The average Bonchev–Trinajstić information content (AvgIpc) is 2.67. The van der Waals surface area contributed by atoms with E-state index in [0.29, 0.717) is 16.2 Å². The number of hydrogen-bond acceptors (Lipinski definition) is 4. The summed E-state index contributed by atoms with van der Waals surface area (Å²) in [5.74, 6) is 1.32. The standard InChI is InChI=1S/C13H20ClN5S/c1-2-15-13(20)18-12-16-10(14)9-11(17-12)19-7-5-3-4-6-8-19/h9H,2-8H2,1H3,(H2,15,16,17,18,20). The molecule has 0 bridgehead atoms. The lowest BCUT2D eigenvalue weighted by Gasteiger charge is -2.22. The molecule has 0 aromatic carbocycles. The maximum atomic E-state index is 6.09. The molecule has 1 aliphatic heterocycles. The molecule has 20 heavy (non-hydrogen) atoms. The van der Waals surface area contributed by atoms with Crippen LogP contribution in [0.25, 0.3) is 0 Å². The number of nitrogens with zero attached hydrogens (tertiary/aromatic N) is 3. The third-order valence-electron chi connectivity index (χ3n) is 3.17. The maximum absolute atomic E-state index is 6.09. The predicted molar refractivity (Wildman–Crippen MR) is 87.6 cm³/mol. The molecule has 1 saturated heterocycles. The van der Waals surface area contributed by atoms with E-state index in [1.54, 1.807) is 0 Å². The summed E-state index contributed by atoms with van der Waals surface area (Å²) in [6.07, 6.45) is 4.95. The van der Waals surface area contributed by atoms with Crippen LogP contribution in [0.15, 0.2) is 6.07 Å². The van der Waals surface area contributed by atoms with Gasteiger partial charge in [0.25, 0.3) is 0 Å². The molecule has 0 atom stereocenters. The molecule has 2 heterocycles. The lowest BCUT2D eigenvalue weighted by atomic mass is 10.2. The summed E-state index contributed by atoms with van der Waals surface area (Å²) >= 11 is 11.2. The minimum atomic E-state index is 0.432. The number of anilines is 2. The van der Waals surface area contributed by atoms with Gasteiger partial charge in [-0.2, -0.15) is 4.98 Å². The fourth-order valence-electron chi connectivity index (χ4n) is 2.23. The van der Waals surface area contributed by atoms with Crippen LogP contribution in [0.1, 0.15) is 32.6 Å². The Bertz CT molecular complexity index is 460. The highest BCUT2D eigenvalue weighted by Gasteiger charge is 2.13. The molecule has 0 unspecified atom stereocenters. The molecule has 110 valence electrons. The normalized spacial score (nSPS) is 15.6. The van der Waals surface area contributed by atoms with Crippen molar-refractivity contribution in [3.63, 3.8) is 0 Å². The summed E-state index contributed by atoms with van der Waals surface area (Å²) < 4.78 is 0. The molecule has 0 aliphatic carbocycles. The lowest BCUT2D eigenvalue weighted by molar-refractivity contribution is 0.726. The van der Waals surface area contributed by atoms with Gasteiger partial charge in [0, 0.05) is 25.7 Å². The van der Waals surface area contributed by atoms with Crippen LogP contribution in [0.2, 0.25) is 5.15 Å². The predicted octanol–water partition coefficient (Wildman–Crippen LogP) is 2.82. The van der Waals surface area contributed by atoms with Gasteiger partial charge in [-0.25, -0.2) is 4.98 Å².